The first-order chi connectivity index (χ1) is 16.4. The van der Waals surface area contributed by atoms with Gasteiger partial charge in [-0.05, 0) is 86.1 Å². The van der Waals surface area contributed by atoms with Gasteiger partial charge >= 0.3 is 0 Å². The third kappa shape index (κ3) is 4.18. The van der Waals surface area contributed by atoms with Crippen LogP contribution < -0.4 is 5.32 Å². The molecule has 5 heteroatoms. The monoisotopic (exact) mass is 457 g/mol. The number of aryl methyl sites for hydroxylation is 2. The van der Waals surface area contributed by atoms with Crippen molar-refractivity contribution in [1.82, 2.24) is 9.78 Å². The smallest absolute Gasteiger partial charge is 0.256 e. The van der Waals surface area contributed by atoms with Gasteiger partial charge in [0.05, 0.1) is 11.8 Å². The van der Waals surface area contributed by atoms with Crippen molar-refractivity contribution in [2.45, 2.75) is 69.3 Å². The standard InChI is InChI=1S/C29H35N3O2/c1-3-28(34)15-16-29(19-21-8-5-4-6-9-21)24(20-28)11-7-10-22-18-23(12-13-25(22)29)27(33)31-26-14-17-30-32(26)2/h4-6,8-9,12-14,17-18,24,34H,3,7,10-11,15-16,19-20H2,1-2H3,(H,31,33)/t24-,28+,29-/m0/s1. The van der Waals surface area contributed by atoms with Gasteiger partial charge in [0.1, 0.15) is 5.82 Å². The van der Waals surface area contributed by atoms with Crippen LogP contribution in [0, 0.1) is 5.92 Å². The van der Waals surface area contributed by atoms with Crippen molar-refractivity contribution in [3.05, 3.63) is 83.0 Å². The Morgan fingerprint density at radius 2 is 2.00 bits per heavy atom. The summed E-state index contributed by atoms with van der Waals surface area (Å²) in [6.07, 6.45) is 9.30. The molecule has 34 heavy (non-hydrogen) atoms. The number of anilines is 1. The number of fused-ring (bicyclic) bond motifs is 3. The highest BCUT2D eigenvalue weighted by molar-refractivity contribution is 6.04. The normalized spacial score (nSPS) is 26.3. The molecule has 5 rings (SSSR count). The largest absolute Gasteiger partial charge is 0.390 e. The van der Waals surface area contributed by atoms with Gasteiger partial charge in [-0.2, -0.15) is 5.10 Å². The maximum Gasteiger partial charge on any atom is 0.256 e. The summed E-state index contributed by atoms with van der Waals surface area (Å²) in [5.74, 6) is 1.02. The summed E-state index contributed by atoms with van der Waals surface area (Å²) < 4.78 is 1.66. The van der Waals surface area contributed by atoms with E-state index in [4.69, 9.17) is 0 Å². The van der Waals surface area contributed by atoms with E-state index in [2.05, 4.69) is 59.8 Å². The van der Waals surface area contributed by atoms with E-state index in [0.29, 0.717) is 17.3 Å². The second-order valence-electron chi connectivity index (χ2n) is 10.4. The first kappa shape index (κ1) is 22.9. The Balaban J connectivity index is 1.53. The van der Waals surface area contributed by atoms with Gasteiger partial charge in [0.2, 0.25) is 0 Å². The van der Waals surface area contributed by atoms with Crippen LogP contribution in [0.1, 0.15) is 72.5 Å². The van der Waals surface area contributed by atoms with Crippen molar-refractivity contribution < 1.29 is 9.90 Å². The Labute approximate surface area is 202 Å². The molecule has 0 aliphatic heterocycles. The molecule has 2 N–H and O–H groups in total. The topological polar surface area (TPSA) is 67.2 Å². The Morgan fingerprint density at radius 3 is 2.74 bits per heavy atom. The Kier molecular flexibility index (Phi) is 6.07. The maximum absolute atomic E-state index is 13.0. The first-order valence-electron chi connectivity index (χ1n) is 12.6. The van der Waals surface area contributed by atoms with E-state index in [1.807, 2.05) is 13.1 Å². The van der Waals surface area contributed by atoms with Crippen LogP contribution >= 0.6 is 0 Å². The lowest BCUT2D eigenvalue weighted by Crippen LogP contribution is -2.48. The predicted octanol–water partition coefficient (Wildman–Crippen LogP) is 5.43. The van der Waals surface area contributed by atoms with Crippen molar-refractivity contribution in [2.24, 2.45) is 13.0 Å². The minimum atomic E-state index is -0.557. The molecule has 1 saturated carbocycles. The van der Waals surface area contributed by atoms with Crippen LogP contribution in [0.25, 0.3) is 0 Å². The summed E-state index contributed by atoms with van der Waals surface area (Å²) in [4.78, 5) is 13.0. The molecule has 1 aromatic heterocycles. The second kappa shape index (κ2) is 9.03. The average molecular weight is 458 g/mol. The van der Waals surface area contributed by atoms with Crippen LogP contribution in [0.15, 0.2) is 60.8 Å². The van der Waals surface area contributed by atoms with Crippen LogP contribution in [0.5, 0.6) is 0 Å². The van der Waals surface area contributed by atoms with Gasteiger partial charge in [0.15, 0.2) is 0 Å². The average Bonchev–Trinajstić information content (AvgIpc) is 3.18. The molecule has 2 aliphatic rings. The summed E-state index contributed by atoms with van der Waals surface area (Å²) >= 11 is 0. The summed E-state index contributed by atoms with van der Waals surface area (Å²) in [5, 5.41) is 18.4. The molecule has 1 amide bonds. The van der Waals surface area contributed by atoms with Crippen LogP contribution in [0.4, 0.5) is 5.82 Å². The molecule has 5 nitrogen and oxygen atoms in total. The molecule has 2 aromatic carbocycles. The fourth-order valence-electron chi connectivity index (χ4n) is 6.41. The molecule has 3 aromatic rings. The number of carbonyl (C=O) groups excluding carboxylic acids is 1. The lowest BCUT2D eigenvalue weighted by molar-refractivity contribution is -0.0497. The zero-order chi connectivity index (χ0) is 23.8. The molecule has 1 heterocycles. The number of hydrogen-bond acceptors (Lipinski definition) is 3. The van der Waals surface area contributed by atoms with Gasteiger partial charge in [-0.25, -0.2) is 0 Å². The van der Waals surface area contributed by atoms with E-state index < -0.39 is 5.60 Å². The molecule has 0 unspecified atom stereocenters. The number of carbonyl (C=O) groups is 1. The minimum Gasteiger partial charge on any atom is -0.390 e. The molecule has 3 atom stereocenters. The van der Waals surface area contributed by atoms with Crippen LogP contribution in [0.3, 0.4) is 0 Å². The van der Waals surface area contributed by atoms with Crippen molar-refractivity contribution in [3.63, 3.8) is 0 Å². The zero-order valence-electron chi connectivity index (χ0n) is 20.3. The number of benzene rings is 2. The number of amides is 1. The van der Waals surface area contributed by atoms with E-state index in [1.165, 1.54) is 16.7 Å². The Bertz CT molecular complexity index is 1170. The molecule has 1 fully saturated rings. The SMILES string of the molecule is CC[C@@]1(O)CC[C@@]2(Cc3ccccc3)c3ccc(C(=O)Nc4ccnn4C)cc3CCC[C@H]2C1. The lowest BCUT2D eigenvalue weighted by atomic mass is 9.55. The van der Waals surface area contributed by atoms with E-state index >= 15 is 0 Å². The number of hydrogen-bond donors (Lipinski definition) is 2. The number of rotatable bonds is 5. The maximum atomic E-state index is 13.0. The van der Waals surface area contributed by atoms with Gasteiger partial charge in [-0.3, -0.25) is 9.48 Å². The number of nitrogens with zero attached hydrogens (tertiary/aromatic N) is 2. The van der Waals surface area contributed by atoms with E-state index in [1.54, 1.807) is 16.9 Å². The van der Waals surface area contributed by atoms with E-state index in [9.17, 15) is 9.90 Å². The van der Waals surface area contributed by atoms with Gasteiger partial charge in [0, 0.05) is 24.1 Å². The summed E-state index contributed by atoms with van der Waals surface area (Å²) in [6, 6.07) is 18.9. The number of aliphatic hydroxyl groups is 1. The molecular weight excluding hydrogens is 422 g/mol. The van der Waals surface area contributed by atoms with Crippen molar-refractivity contribution >= 4 is 11.7 Å². The van der Waals surface area contributed by atoms with Gasteiger partial charge in [0.25, 0.3) is 5.91 Å². The number of nitrogens with one attached hydrogen (secondary N) is 1. The molecule has 0 bridgehead atoms. The third-order valence-electron chi connectivity index (χ3n) is 8.43. The summed E-state index contributed by atoms with van der Waals surface area (Å²) in [7, 11) is 1.82. The highest BCUT2D eigenvalue weighted by atomic mass is 16.3. The van der Waals surface area contributed by atoms with Crippen molar-refractivity contribution in [3.8, 4) is 0 Å². The predicted molar refractivity (Wildman–Crippen MR) is 135 cm³/mol. The fraction of sp³-hybridized carbons (Fsp3) is 0.448. The summed E-state index contributed by atoms with van der Waals surface area (Å²) in [6.45, 7) is 2.11. The number of aromatic nitrogens is 2. The van der Waals surface area contributed by atoms with E-state index in [-0.39, 0.29) is 11.3 Å². The van der Waals surface area contributed by atoms with Crippen LogP contribution in [-0.4, -0.2) is 26.4 Å². The highest BCUT2D eigenvalue weighted by Crippen LogP contribution is 2.54. The minimum absolute atomic E-state index is 0.00830. The lowest BCUT2D eigenvalue weighted by Gasteiger charge is -2.50. The molecule has 2 aliphatic carbocycles. The molecule has 0 spiro atoms. The molecular formula is C29H35N3O2. The fourth-order valence-corrected chi connectivity index (χ4v) is 6.41. The van der Waals surface area contributed by atoms with E-state index in [0.717, 1.165) is 51.4 Å². The molecule has 0 saturated heterocycles. The van der Waals surface area contributed by atoms with Gasteiger partial charge < -0.3 is 10.4 Å². The first-order valence-corrected chi connectivity index (χ1v) is 12.6. The summed E-state index contributed by atoms with van der Waals surface area (Å²) in [5.41, 5.74) is 4.14. The Hall–Kier alpha value is -2.92. The van der Waals surface area contributed by atoms with Gasteiger partial charge in [-0.15, -0.1) is 0 Å². The van der Waals surface area contributed by atoms with Crippen LogP contribution in [0.2, 0.25) is 0 Å². The molecule has 0 radical (unpaired) electrons. The quantitative estimate of drug-likeness (QED) is 0.537. The van der Waals surface area contributed by atoms with Crippen molar-refractivity contribution in [1.29, 1.82) is 0 Å². The van der Waals surface area contributed by atoms with Gasteiger partial charge in [-0.1, -0.05) is 43.3 Å². The second-order valence-corrected chi connectivity index (χ2v) is 10.4. The Morgan fingerprint density at radius 1 is 1.18 bits per heavy atom. The molecule has 178 valence electrons. The third-order valence-corrected chi connectivity index (χ3v) is 8.43. The van der Waals surface area contributed by atoms with Crippen LogP contribution in [-0.2, 0) is 25.3 Å². The zero-order valence-corrected chi connectivity index (χ0v) is 20.3. The highest BCUT2D eigenvalue weighted by Gasteiger charge is 2.50. The van der Waals surface area contributed by atoms with Crippen molar-refractivity contribution in [2.75, 3.05) is 5.32 Å².